The van der Waals surface area contributed by atoms with Crippen LogP contribution in [0.25, 0.3) is 6.08 Å². The number of hydrogen-bond donors (Lipinski definition) is 1. The van der Waals surface area contributed by atoms with Crippen molar-refractivity contribution in [3.05, 3.63) is 121 Å². The highest BCUT2D eigenvalue weighted by atomic mass is 32.1. The molecular formula is C28H20FN3O4S. The number of para-hydroxylation sites is 1. The molecule has 6 rings (SSSR count). The number of fused-ring (bicyclic) bond motifs is 2. The molecule has 1 N–H and O–H groups in total. The lowest BCUT2D eigenvalue weighted by Crippen LogP contribution is -2.40. The molecule has 0 bridgehead atoms. The first kappa shape index (κ1) is 22.9. The molecule has 1 unspecified atom stereocenters. The normalized spacial score (nSPS) is 16.4. The van der Waals surface area contributed by atoms with Gasteiger partial charge in [0, 0.05) is 5.69 Å². The maximum atomic E-state index is 13.8. The zero-order valence-electron chi connectivity index (χ0n) is 19.6. The number of ether oxygens (including phenoxy) is 2. The van der Waals surface area contributed by atoms with Crippen LogP contribution >= 0.6 is 11.3 Å². The quantitative estimate of drug-likeness (QED) is 0.451. The van der Waals surface area contributed by atoms with Gasteiger partial charge >= 0.3 is 0 Å². The van der Waals surface area contributed by atoms with Crippen LogP contribution in [-0.4, -0.2) is 17.3 Å². The van der Waals surface area contributed by atoms with Gasteiger partial charge in [0.15, 0.2) is 16.3 Å². The van der Waals surface area contributed by atoms with Crippen molar-refractivity contribution in [1.82, 2.24) is 4.57 Å². The van der Waals surface area contributed by atoms with Crippen molar-refractivity contribution in [2.75, 3.05) is 12.1 Å². The molecule has 0 spiro atoms. The molecule has 1 amide bonds. The third kappa shape index (κ3) is 4.23. The Balaban J connectivity index is 1.49. The minimum Gasteiger partial charge on any atom is -0.454 e. The zero-order chi connectivity index (χ0) is 25.5. The van der Waals surface area contributed by atoms with Crippen molar-refractivity contribution in [3.63, 3.8) is 0 Å². The van der Waals surface area contributed by atoms with Gasteiger partial charge in [0.2, 0.25) is 6.79 Å². The predicted molar refractivity (Wildman–Crippen MR) is 138 cm³/mol. The van der Waals surface area contributed by atoms with Crippen molar-refractivity contribution in [1.29, 1.82) is 0 Å². The number of carbonyl (C=O) groups is 1. The summed E-state index contributed by atoms with van der Waals surface area (Å²) in [6.45, 7) is 1.90. The number of allylic oxidation sites excluding steroid dienone is 1. The number of rotatable bonds is 4. The maximum absolute atomic E-state index is 13.8. The van der Waals surface area contributed by atoms with Gasteiger partial charge in [-0.15, -0.1) is 0 Å². The summed E-state index contributed by atoms with van der Waals surface area (Å²) in [4.78, 5) is 32.3. The van der Waals surface area contributed by atoms with Gasteiger partial charge in [0.1, 0.15) is 5.82 Å². The molecule has 0 saturated carbocycles. The fraction of sp³-hybridized carbons (Fsp3) is 0.107. The van der Waals surface area contributed by atoms with Gasteiger partial charge in [0.05, 0.1) is 21.8 Å². The maximum Gasteiger partial charge on any atom is 0.271 e. The van der Waals surface area contributed by atoms with Crippen LogP contribution in [0.15, 0.2) is 93.9 Å². The van der Waals surface area contributed by atoms with Gasteiger partial charge in [-0.05, 0) is 60.5 Å². The largest absolute Gasteiger partial charge is 0.454 e. The highest BCUT2D eigenvalue weighted by Gasteiger charge is 2.32. The van der Waals surface area contributed by atoms with E-state index in [4.69, 9.17) is 9.47 Å². The molecular weight excluding hydrogens is 493 g/mol. The van der Waals surface area contributed by atoms with Crippen molar-refractivity contribution in [2.45, 2.75) is 13.0 Å². The second-order valence-electron chi connectivity index (χ2n) is 8.57. The number of benzene rings is 3. The average molecular weight is 514 g/mol. The first-order chi connectivity index (χ1) is 18.0. The van der Waals surface area contributed by atoms with E-state index in [1.54, 1.807) is 43.3 Å². The summed E-state index contributed by atoms with van der Waals surface area (Å²) in [6, 6.07) is 19.5. The topological polar surface area (TPSA) is 81.9 Å². The Hall–Kier alpha value is -4.50. The second-order valence-corrected chi connectivity index (χ2v) is 9.58. The monoisotopic (exact) mass is 513 g/mol. The van der Waals surface area contributed by atoms with Crippen molar-refractivity contribution in [2.24, 2.45) is 4.99 Å². The lowest BCUT2D eigenvalue weighted by Gasteiger charge is -2.25. The van der Waals surface area contributed by atoms with Crippen LogP contribution in [0.3, 0.4) is 0 Å². The van der Waals surface area contributed by atoms with Crippen LogP contribution in [0.1, 0.15) is 24.1 Å². The van der Waals surface area contributed by atoms with E-state index < -0.39 is 11.9 Å². The molecule has 4 aromatic rings. The molecule has 3 aromatic carbocycles. The standard InChI is InChI=1S/C28H20FN3O4S/c1-16-24(26(33)31-20-5-3-2-4-6-20)25(18-8-10-19(29)11-9-18)32-27(34)23(37-28(32)30-16)14-17-7-12-21-22(13-17)36-15-35-21/h2-14,25H,15H2,1H3,(H,31,33)/b23-14+. The number of carbonyl (C=O) groups excluding carboxylic acids is 1. The summed E-state index contributed by atoms with van der Waals surface area (Å²) in [5.41, 5.74) is 2.49. The second kappa shape index (κ2) is 9.18. The Morgan fingerprint density at radius 3 is 2.62 bits per heavy atom. The fourth-order valence-corrected chi connectivity index (χ4v) is 5.49. The highest BCUT2D eigenvalue weighted by Crippen LogP contribution is 2.33. The Kier molecular flexibility index (Phi) is 5.69. The number of amides is 1. The summed E-state index contributed by atoms with van der Waals surface area (Å²) in [7, 11) is 0. The van der Waals surface area contributed by atoms with E-state index in [1.165, 1.54) is 28.0 Å². The van der Waals surface area contributed by atoms with Gasteiger partial charge in [-0.2, -0.15) is 0 Å². The summed E-state index contributed by atoms with van der Waals surface area (Å²) in [5.74, 6) is 0.475. The van der Waals surface area contributed by atoms with E-state index in [2.05, 4.69) is 10.3 Å². The lowest BCUT2D eigenvalue weighted by molar-refractivity contribution is -0.113. The van der Waals surface area contributed by atoms with Gasteiger partial charge in [0.25, 0.3) is 11.5 Å². The van der Waals surface area contributed by atoms with Crippen LogP contribution in [-0.2, 0) is 4.79 Å². The molecule has 0 aliphatic carbocycles. The van der Waals surface area contributed by atoms with Crippen molar-refractivity contribution < 1.29 is 18.7 Å². The minimum atomic E-state index is -0.778. The summed E-state index contributed by atoms with van der Waals surface area (Å²) >= 11 is 1.23. The Morgan fingerprint density at radius 2 is 1.84 bits per heavy atom. The molecule has 0 fully saturated rings. The van der Waals surface area contributed by atoms with Gasteiger partial charge < -0.3 is 14.8 Å². The lowest BCUT2D eigenvalue weighted by atomic mass is 9.95. The number of hydrogen-bond acceptors (Lipinski definition) is 6. The SMILES string of the molecule is CC1=C(C(=O)Nc2ccccc2)C(c2ccc(F)cc2)n2c(s/c(=C/c3ccc4c(c3)OCO4)c2=O)=N1. The fourth-order valence-electron chi connectivity index (χ4n) is 4.45. The average Bonchev–Trinajstić information content (AvgIpc) is 3.48. The predicted octanol–water partition coefficient (Wildman–Crippen LogP) is 3.74. The summed E-state index contributed by atoms with van der Waals surface area (Å²) in [6.07, 6.45) is 1.76. The molecule has 2 aliphatic rings. The molecule has 37 heavy (non-hydrogen) atoms. The minimum absolute atomic E-state index is 0.158. The van der Waals surface area contributed by atoms with Gasteiger partial charge in [-0.3, -0.25) is 14.2 Å². The number of nitrogens with zero attached hydrogens (tertiary/aromatic N) is 2. The molecule has 0 saturated heterocycles. The van der Waals surface area contributed by atoms with Gasteiger partial charge in [-0.25, -0.2) is 9.38 Å². The van der Waals surface area contributed by atoms with Crippen LogP contribution < -0.4 is 29.7 Å². The zero-order valence-corrected chi connectivity index (χ0v) is 20.4. The molecule has 3 heterocycles. The molecule has 1 atom stereocenters. The van der Waals surface area contributed by atoms with E-state index in [1.807, 2.05) is 30.3 Å². The number of halogens is 1. The van der Waals surface area contributed by atoms with Gasteiger partial charge in [-0.1, -0.05) is 47.7 Å². The van der Waals surface area contributed by atoms with E-state index in [-0.39, 0.29) is 18.3 Å². The first-order valence-electron chi connectivity index (χ1n) is 11.5. The smallest absolute Gasteiger partial charge is 0.271 e. The molecule has 184 valence electrons. The summed E-state index contributed by atoms with van der Waals surface area (Å²) in [5, 5.41) is 2.90. The number of anilines is 1. The first-order valence-corrected chi connectivity index (χ1v) is 12.3. The van der Waals surface area contributed by atoms with Crippen molar-refractivity contribution in [3.8, 4) is 11.5 Å². The van der Waals surface area contributed by atoms with Crippen LogP contribution in [0.5, 0.6) is 11.5 Å². The van der Waals surface area contributed by atoms with E-state index in [0.717, 1.165) is 5.56 Å². The van der Waals surface area contributed by atoms with E-state index in [0.29, 0.717) is 43.4 Å². The van der Waals surface area contributed by atoms with E-state index >= 15 is 0 Å². The summed E-state index contributed by atoms with van der Waals surface area (Å²) < 4.78 is 26.6. The third-order valence-electron chi connectivity index (χ3n) is 6.18. The molecule has 9 heteroatoms. The Morgan fingerprint density at radius 1 is 1.08 bits per heavy atom. The molecule has 1 aromatic heterocycles. The van der Waals surface area contributed by atoms with E-state index in [9.17, 15) is 14.0 Å². The van der Waals surface area contributed by atoms with Crippen molar-refractivity contribution >= 4 is 29.0 Å². The van der Waals surface area contributed by atoms with Crippen LogP contribution in [0, 0.1) is 5.82 Å². The Bertz CT molecular complexity index is 1740. The van der Waals surface area contributed by atoms with Crippen LogP contribution in [0.2, 0.25) is 0 Å². The molecule has 0 radical (unpaired) electrons. The number of nitrogens with one attached hydrogen (secondary N) is 1. The molecule has 2 aliphatic heterocycles. The Labute approximate surface area is 214 Å². The molecule has 7 nitrogen and oxygen atoms in total. The number of thiazole rings is 1. The van der Waals surface area contributed by atoms with Crippen LogP contribution in [0.4, 0.5) is 10.1 Å². The third-order valence-corrected chi connectivity index (χ3v) is 7.16. The highest BCUT2D eigenvalue weighted by molar-refractivity contribution is 7.07. The number of aromatic nitrogens is 1.